The monoisotopic (exact) mass is 390 g/mol. The highest BCUT2D eigenvalue weighted by molar-refractivity contribution is 6.30. The molecule has 1 N–H and O–H groups in total. The van der Waals surface area contributed by atoms with Crippen molar-refractivity contribution in [2.45, 2.75) is 19.9 Å². The Bertz CT molecular complexity index is 1130. The van der Waals surface area contributed by atoms with E-state index in [9.17, 15) is 4.79 Å². The minimum atomic E-state index is -0.180. The SMILES string of the molecule is CCCn1c(-c2cccc(C(=O)Nc3ccc(Cl)cc3)c2)nc2cccnc21. The summed E-state index contributed by atoms with van der Waals surface area (Å²) in [7, 11) is 0. The summed E-state index contributed by atoms with van der Waals surface area (Å²) in [5.74, 6) is 0.636. The number of anilines is 1. The van der Waals surface area contributed by atoms with Crippen LogP contribution in [0.3, 0.4) is 0 Å². The van der Waals surface area contributed by atoms with Crippen LogP contribution in [0.25, 0.3) is 22.6 Å². The van der Waals surface area contributed by atoms with E-state index in [-0.39, 0.29) is 5.91 Å². The maximum absolute atomic E-state index is 12.7. The van der Waals surface area contributed by atoms with E-state index in [4.69, 9.17) is 16.6 Å². The molecule has 6 heteroatoms. The maximum Gasteiger partial charge on any atom is 0.255 e. The van der Waals surface area contributed by atoms with Crippen LogP contribution in [0, 0.1) is 0 Å². The number of halogens is 1. The molecule has 0 bridgehead atoms. The molecule has 28 heavy (non-hydrogen) atoms. The van der Waals surface area contributed by atoms with Gasteiger partial charge in [-0.1, -0.05) is 30.7 Å². The van der Waals surface area contributed by atoms with E-state index in [1.165, 1.54) is 0 Å². The van der Waals surface area contributed by atoms with Gasteiger partial charge in [0, 0.05) is 34.6 Å². The van der Waals surface area contributed by atoms with Crippen molar-refractivity contribution in [1.82, 2.24) is 14.5 Å². The fraction of sp³-hybridized carbons (Fsp3) is 0.136. The Kier molecular flexibility index (Phi) is 5.08. The number of nitrogens with one attached hydrogen (secondary N) is 1. The minimum Gasteiger partial charge on any atom is -0.322 e. The van der Waals surface area contributed by atoms with Gasteiger partial charge >= 0.3 is 0 Å². The van der Waals surface area contributed by atoms with Crippen molar-refractivity contribution in [2.24, 2.45) is 0 Å². The van der Waals surface area contributed by atoms with Gasteiger partial charge in [0.2, 0.25) is 0 Å². The number of imidazole rings is 1. The summed E-state index contributed by atoms with van der Waals surface area (Å²) >= 11 is 5.90. The first-order valence-corrected chi connectivity index (χ1v) is 9.52. The largest absolute Gasteiger partial charge is 0.322 e. The standard InChI is InChI=1S/C22H19ClN4O/c1-2-13-27-20(26-19-7-4-12-24-21(19)27)15-5-3-6-16(14-15)22(28)25-18-10-8-17(23)9-11-18/h3-12,14H,2,13H2,1H3,(H,25,28). The number of pyridine rings is 1. The summed E-state index contributed by atoms with van der Waals surface area (Å²) < 4.78 is 2.10. The van der Waals surface area contributed by atoms with Gasteiger partial charge in [-0.15, -0.1) is 0 Å². The van der Waals surface area contributed by atoms with Crippen LogP contribution in [0.2, 0.25) is 5.02 Å². The van der Waals surface area contributed by atoms with E-state index in [0.29, 0.717) is 16.3 Å². The smallest absolute Gasteiger partial charge is 0.255 e. The van der Waals surface area contributed by atoms with Crippen LogP contribution in [0.15, 0.2) is 66.9 Å². The van der Waals surface area contributed by atoms with Crippen molar-refractivity contribution >= 4 is 34.4 Å². The van der Waals surface area contributed by atoms with Gasteiger partial charge in [-0.3, -0.25) is 4.79 Å². The van der Waals surface area contributed by atoms with Crippen LogP contribution in [0.4, 0.5) is 5.69 Å². The Hall–Kier alpha value is -3.18. The number of hydrogen-bond donors (Lipinski definition) is 1. The van der Waals surface area contributed by atoms with Crippen LogP contribution in [-0.2, 0) is 6.54 Å². The molecular formula is C22H19ClN4O. The lowest BCUT2D eigenvalue weighted by molar-refractivity contribution is 0.102. The average molecular weight is 391 g/mol. The van der Waals surface area contributed by atoms with Gasteiger partial charge in [0.25, 0.3) is 5.91 Å². The van der Waals surface area contributed by atoms with E-state index >= 15 is 0 Å². The highest BCUT2D eigenvalue weighted by Gasteiger charge is 2.15. The molecule has 0 aliphatic rings. The van der Waals surface area contributed by atoms with Crippen molar-refractivity contribution in [1.29, 1.82) is 0 Å². The zero-order valence-electron chi connectivity index (χ0n) is 15.4. The molecule has 0 aliphatic heterocycles. The number of carbonyl (C=O) groups excluding carboxylic acids is 1. The summed E-state index contributed by atoms with van der Waals surface area (Å²) in [5, 5.41) is 3.52. The van der Waals surface area contributed by atoms with E-state index in [0.717, 1.165) is 35.5 Å². The van der Waals surface area contributed by atoms with Crippen LogP contribution in [0.5, 0.6) is 0 Å². The van der Waals surface area contributed by atoms with Crippen molar-refractivity contribution in [2.75, 3.05) is 5.32 Å². The molecule has 0 fully saturated rings. The third-order valence-corrected chi connectivity index (χ3v) is 4.69. The molecular weight excluding hydrogens is 372 g/mol. The molecule has 0 unspecified atom stereocenters. The Morgan fingerprint density at radius 1 is 1.11 bits per heavy atom. The number of aryl methyl sites for hydroxylation is 1. The lowest BCUT2D eigenvalue weighted by atomic mass is 10.1. The first-order valence-electron chi connectivity index (χ1n) is 9.14. The highest BCUT2D eigenvalue weighted by Crippen LogP contribution is 2.25. The number of nitrogens with zero attached hydrogens (tertiary/aromatic N) is 3. The molecule has 0 saturated carbocycles. The van der Waals surface area contributed by atoms with Crippen molar-refractivity contribution in [3.63, 3.8) is 0 Å². The summed E-state index contributed by atoms with van der Waals surface area (Å²) in [4.78, 5) is 21.9. The average Bonchev–Trinajstić information content (AvgIpc) is 3.09. The van der Waals surface area contributed by atoms with E-state index in [1.54, 1.807) is 36.5 Å². The van der Waals surface area contributed by atoms with Crippen molar-refractivity contribution in [3.8, 4) is 11.4 Å². The molecule has 0 saturated heterocycles. The van der Waals surface area contributed by atoms with Gasteiger partial charge in [-0.2, -0.15) is 0 Å². The predicted molar refractivity (Wildman–Crippen MR) is 113 cm³/mol. The maximum atomic E-state index is 12.7. The summed E-state index contributed by atoms with van der Waals surface area (Å²) in [6, 6.07) is 18.4. The van der Waals surface area contributed by atoms with Gasteiger partial charge in [0.1, 0.15) is 11.3 Å². The summed E-state index contributed by atoms with van der Waals surface area (Å²) in [6.45, 7) is 2.93. The summed E-state index contributed by atoms with van der Waals surface area (Å²) in [6.07, 6.45) is 2.74. The first kappa shape index (κ1) is 18.2. The fourth-order valence-corrected chi connectivity index (χ4v) is 3.28. The Morgan fingerprint density at radius 2 is 1.93 bits per heavy atom. The number of carbonyl (C=O) groups is 1. The van der Waals surface area contributed by atoms with Crippen LogP contribution in [-0.4, -0.2) is 20.4 Å². The molecule has 140 valence electrons. The predicted octanol–water partition coefficient (Wildman–Crippen LogP) is 5.41. The number of aromatic nitrogens is 3. The molecule has 2 aromatic heterocycles. The minimum absolute atomic E-state index is 0.180. The Balaban J connectivity index is 1.69. The van der Waals surface area contributed by atoms with Gasteiger partial charge in [-0.05, 0) is 55.0 Å². The Morgan fingerprint density at radius 3 is 2.71 bits per heavy atom. The number of fused-ring (bicyclic) bond motifs is 1. The molecule has 1 amide bonds. The number of rotatable bonds is 5. The second-order valence-electron chi connectivity index (χ2n) is 6.48. The fourth-order valence-electron chi connectivity index (χ4n) is 3.15. The van der Waals surface area contributed by atoms with Gasteiger partial charge in [0.15, 0.2) is 5.65 Å². The second-order valence-corrected chi connectivity index (χ2v) is 6.91. The molecule has 0 atom stereocenters. The van der Waals surface area contributed by atoms with Crippen LogP contribution in [0.1, 0.15) is 23.7 Å². The first-order chi connectivity index (χ1) is 13.7. The number of benzene rings is 2. The molecule has 4 rings (SSSR count). The van der Waals surface area contributed by atoms with Gasteiger partial charge in [-0.25, -0.2) is 9.97 Å². The Labute approximate surface area is 168 Å². The van der Waals surface area contributed by atoms with Crippen LogP contribution < -0.4 is 5.32 Å². The summed E-state index contributed by atoms with van der Waals surface area (Å²) in [5.41, 5.74) is 3.85. The van der Waals surface area contributed by atoms with E-state index in [2.05, 4.69) is 21.8 Å². The molecule has 0 aliphatic carbocycles. The lowest BCUT2D eigenvalue weighted by Crippen LogP contribution is -2.12. The zero-order chi connectivity index (χ0) is 19.5. The molecule has 0 spiro atoms. The second kappa shape index (κ2) is 7.82. The number of hydrogen-bond acceptors (Lipinski definition) is 3. The van der Waals surface area contributed by atoms with E-state index < -0.39 is 0 Å². The van der Waals surface area contributed by atoms with Gasteiger partial charge < -0.3 is 9.88 Å². The van der Waals surface area contributed by atoms with E-state index in [1.807, 2.05) is 30.3 Å². The molecule has 2 heterocycles. The zero-order valence-corrected chi connectivity index (χ0v) is 16.1. The normalized spacial score (nSPS) is 10.9. The van der Waals surface area contributed by atoms with Crippen molar-refractivity contribution < 1.29 is 4.79 Å². The number of amides is 1. The molecule has 0 radical (unpaired) electrons. The highest BCUT2D eigenvalue weighted by atomic mass is 35.5. The van der Waals surface area contributed by atoms with Crippen LogP contribution >= 0.6 is 11.6 Å². The van der Waals surface area contributed by atoms with Crippen molar-refractivity contribution in [3.05, 3.63) is 77.4 Å². The molecule has 2 aromatic carbocycles. The third kappa shape index (κ3) is 3.62. The lowest BCUT2D eigenvalue weighted by Gasteiger charge is -2.09. The topological polar surface area (TPSA) is 59.8 Å². The van der Waals surface area contributed by atoms with Gasteiger partial charge in [0.05, 0.1) is 0 Å². The third-order valence-electron chi connectivity index (χ3n) is 4.44. The molecule has 5 nitrogen and oxygen atoms in total. The molecule has 4 aromatic rings. The quantitative estimate of drug-likeness (QED) is 0.495.